The van der Waals surface area contributed by atoms with Crippen molar-refractivity contribution in [3.8, 4) is 0 Å². The van der Waals surface area contributed by atoms with E-state index in [9.17, 15) is 0 Å². The summed E-state index contributed by atoms with van der Waals surface area (Å²) in [6.45, 7) is 5.30. The molecular formula is C9H20BrNO. The van der Waals surface area contributed by atoms with Crippen molar-refractivity contribution in [2.75, 3.05) is 26.1 Å². The minimum absolute atomic E-state index is 0.594. The van der Waals surface area contributed by atoms with Gasteiger partial charge < -0.3 is 9.64 Å². The zero-order valence-corrected chi connectivity index (χ0v) is 10.1. The minimum Gasteiger partial charge on any atom is -0.385 e. The van der Waals surface area contributed by atoms with Crippen LogP contribution in [0.5, 0.6) is 0 Å². The molecular weight excluding hydrogens is 218 g/mol. The average molecular weight is 238 g/mol. The summed E-state index contributed by atoms with van der Waals surface area (Å²) in [7, 11) is 3.91. The van der Waals surface area contributed by atoms with Gasteiger partial charge >= 0.3 is 0 Å². The number of ether oxygens (including phenoxy) is 1. The topological polar surface area (TPSA) is 12.5 Å². The molecule has 0 aromatic rings. The second-order valence-electron chi connectivity index (χ2n) is 3.30. The molecule has 0 saturated heterocycles. The van der Waals surface area contributed by atoms with Crippen LogP contribution < -0.4 is 0 Å². The third-order valence-electron chi connectivity index (χ3n) is 2.35. The molecule has 0 fully saturated rings. The zero-order valence-electron chi connectivity index (χ0n) is 8.51. The Morgan fingerprint density at radius 3 is 2.33 bits per heavy atom. The first-order valence-corrected chi connectivity index (χ1v) is 5.52. The predicted molar refractivity (Wildman–Crippen MR) is 57.0 cm³/mol. The van der Waals surface area contributed by atoms with Crippen LogP contribution in [0.15, 0.2) is 0 Å². The van der Waals surface area contributed by atoms with Crippen LogP contribution >= 0.6 is 15.9 Å². The Kier molecular flexibility index (Phi) is 7.10. The van der Waals surface area contributed by atoms with Crippen LogP contribution in [0.4, 0.5) is 0 Å². The standard InChI is InChI=1S/C9H20BrNO/c1-8(5-6-12-4)11(3)9(2)7-10/h8-9H,5-7H2,1-4H3. The van der Waals surface area contributed by atoms with E-state index < -0.39 is 0 Å². The highest BCUT2D eigenvalue weighted by molar-refractivity contribution is 9.09. The summed E-state index contributed by atoms with van der Waals surface area (Å²) in [5.74, 6) is 0. The predicted octanol–water partition coefficient (Wildman–Crippen LogP) is 2.13. The van der Waals surface area contributed by atoms with Gasteiger partial charge in [-0.2, -0.15) is 0 Å². The smallest absolute Gasteiger partial charge is 0.0477 e. The molecule has 74 valence electrons. The van der Waals surface area contributed by atoms with Crippen molar-refractivity contribution >= 4 is 15.9 Å². The normalized spacial score (nSPS) is 16.5. The van der Waals surface area contributed by atoms with Gasteiger partial charge in [0.15, 0.2) is 0 Å². The molecule has 0 saturated carbocycles. The molecule has 0 aliphatic rings. The lowest BCUT2D eigenvalue weighted by atomic mass is 10.2. The third-order valence-corrected chi connectivity index (χ3v) is 3.29. The molecule has 0 bridgehead atoms. The molecule has 0 heterocycles. The Hall–Kier alpha value is 0.400. The third kappa shape index (κ3) is 4.43. The van der Waals surface area contributed by atoms with Crippen LogP contribution in [0, 0.1) is 0 Å². The number of methoxy groups -OCH3 is 1. The highest BCUT2D eigenvalue weighted by Crippen LogP contribution is 2.07. The molecule has 0 radical (unpaired) electrons. The summed E-state index contributed by atoms with van der Waals surface area (Å²) in [5.41, 5.74) is 0. The maximum absolute atomic E-state index is 5.04. The number of alkyl halides is 1. The van der Waals surface area contributed by atoms with E-state index in [2.05, 4.69) is 41.7 Å². The van der Waals surface area contributed by atoms with Gasteiger partial charge in [-0.3, -0.25) is 0 Å². The van der Waals surface area contributed by atoms with Gasteiger partial charge in [-0.15, -0.1) is 0 Å². The number of hydrogen-bond acceptors (Lipinski definition) is 2. The summed E-state index contributed by atoms with van der Waals surface area (Å²) in [6, 6.07) is 1.19. The number of halogens is 1. The Morgan fingerprint density at radius 1 is 1.33 bits per heavy atom. The van der Waals surface area contributed by atoms with E-state index in [1.807, 2.05) is 0 Å². The van der Waals surface area contributed by atoms with Crippen LogP contribution in [0.2, 0.25) is 0 Å². The molecule has 2 unspecified atom stereocenters. The quantitative estimate of drug-likeness (QED) is 0.657. The Labute approximate surface area is 84.4 Å². The van der Waals surface area contributed by atoms with Gasteiger partial charge in [0.1, 0.15) is 0 Å². The fraction of sp³-hybridized carbons (Fsp3) is 1.00. The molecule has 0 aliphatic carbocycles. The minimum atomic E-state index is 0.594. The SMILES string of the molecule is COCCC(C)N(C)C(C)CBr. The first-order chi connectivity index (χ1) is 5.63. The molecule has 2 nitrogen and oxygen atoms in total. The second kappa shape index (κ2) is 6.87. The van der Waals surface area contributed by atoms with Crippen molar-refractivity contribution in [1.29, 1.82) is 0 Å². The first kappa shape index (κ1) is 12.4. The van der Waals surface area contributed by atoms with Crippen LogP contribution in [0.1, 0.15) is 20.3 Å². The van der Waals surface area contributed by atoms with Crippen molar-refractivity contribution < 1.29 is 4.74 Å². The number of rotatable bonds is 6. The van der Waals surface area contributed by atoms with Gasteiger partial charge in [0, 0.05) is 31.1 Å². The van der Waals surface area contributed by atoms with Gasteiger partial charge in [0.2, 0.25) is 0 Å². The van der Waals surface area contributed by atoms with E-state index in [0.717, 1.165) is 18.4 Å². The van der Waals surface area contributed by atoms with Crippen LogP contribution in [-0.4, -0.2) is 43.1 Å². The molecule has 12 heavy (non-hydrogen) atoms. The van der Waals surface area contributed by atoms with Crippen molar-refractivity contribution in [3.05, 3.63) is 0 Å². The highest BCUT2D eigenvalue weighted by atomic mass is 79.9. The lowest BCUT2D eigenvalue weighted by Gasteiger charge is -2.29. The zero-order chi connectivity index (χ0) is 9.56. The Bertz CT molecular complexity index is 111. The number of nitrogens with zero attached hydrogens (tertiary/aromatic N) is 1. The van der Waals surface area contributed by atoms with E-state index in [1.165, 1.54) is 0 Å². The molecule has 0 aromatic heterocycles. The van der Waals surface area contributed by atoms with E-state index >= 15 is 0 Å². The molecule has 0 aromatic carbocycles. The monoisotopic (exact) mass is 237 g/mol. The molecule has 0 rings (SSSR count). The van der Waals surface area contributed by atoms with Crippen LogP contribution in [-0.2, 0) is 4.74 Å². The van der Waals surface area contributed by atoms with Gasteiger partial charge in [-0.25, -0.2) is 0 Å². The van der Waals surface area contributed by atoms with Crippen molar-refractivity contribution in [2.24, 2.45) is 0 Å². The molecule has 0 N–H and O–H groups in total. The molecule has 3 heteroatoms. The van der Waals surface area contributed by atoms with Gasteiger partial charge in [-0.1, -0.05) is 15.9 Å². The lowest BCUT2D eigenvalue weighted by Crippen LogP contribution is -2.38. The van der Waals surface area contributed by atoms with Crippen LogP contribution in [0.3, 0.4) is 0 Å². The summed E-state index contributed by atoms with van der Waals surface area (Å²) in [5, 5.41) is 1.03. The second-order valence-corrected chi connectivity index (χ2v) is 3.95. The average Bonchev–Trinajstić information content (AvgIpc) is 2.11. The highest BCUT2D eigenvalue weighted by Gasteiger charge is 2.13. The first-order valence-electron chi connectivity index (χ1n) is 4.40. The molecule has 0 amide bonds. The molecule has 0 aliphatic heterocycles. The van der Waals surface area contributed by atoms with E-state index in [4.69, 9.17) is 4.74 Å². The van der Waals surface area contributed by atoms with Gasteiger partial charge in [0.25, 0.3) is 0 Å². The summed E-state index contributed by atoms with van der Waals surface area (Å²) in [6.07, 6.45) is 1.10. The van der Waals surface area contributed by atoms with E-state index in [1.54, 1.807) is 7.11 Å². The summed E-state index contributed by atoms with van der Waals surface area (Å²) in [4.78, 5) is 2.37. The Morgan fingerprint density at radius 2 is 1.92 bits per heavy atom. The van der Waals surface area contributed by atoms with Gasteiger partial charge in [-0.05, 0) is 27.3 Å². The number of hydrogen-bond donors (Lipinski definition) is 0. The maximum atomic E-state index is 5.04. The lowest BCUT2D eigenvalue weighted by molar-refractivity contribution is 0.139. The summed E-state index contributed by atoms with van der Waals surface area (Å²) < 4.78 is 5.04. The van der Waals surface area contributed by atoms with Crippen molar-refractivity contribution in [3.63, 3.8) is 0 Å². The van der Waals surface area contributed by atoms with E-state index in [-0.39, 0.29) is 0 Å². The van der Waals surface area contributed by atoms with Crippen LogP contribution in [0.25, 0.3) is 0 Å². The molecule has 0 spiro atoms. The largest absolute Gasteiger partial charge is 0.385 e. The molecule has 2 atom stereocenters. The van der Waals surface area contributed by atoms with Gasteiger partial charge in [0.05, 0.1) is 0 Å². The fourth-order valence-corrected chi connectivity index (χ4v) is 1.49. The van der Waals surface area contributed by atoms with Crippen molar-refractivity contribution in [2.45, 2.75) is 32.4 Å². The fourth-order valence-electron chi connectivity index (χ4n) is 1.04. The maximum Gasteiger partial charge on any atom is 0.0477 e. The Balaban J connectivity index is 3.67. The summed E-state index contributed by atoms with van der Waals surface area (Å²) >= 11 is 3.48. The van der Waals surface area contributed by atoms with Crippen molar-refractivity contribution in [1.82, 2.24) is 4.90 Å². The van der Waals surface area contributed by atoms with E-state index in [0.29, 0.717) is 12.1 Å².